The highest BCUT2D eigenvalue weighted by Gasteiger charge is 2.25. The molecule has 0 radical (unpaired) electrons. The molecule has 6 nitrogen and oxygen atoms in total. The lowest BCUT2D eigenvalue weighted by Gasteiger charge is -2.15. The number of halogens is 1. The number of nitrogens with zero attached hydrogens (tertiary/aromatic N) is 1. The third-order valence-electron chi connectivity index (χ3n) is 5.72. The van der Waals surface area contributed by atoms with Crippen molar-refractivity contribution in [3.8, 4) is 5.75 Å². The van der Waals surface area contributed by atoms with Gasteiger partial charge in [-0.2, -0.15) is 0 Å². The number of ether oxygens (including phenoxy) is 1. The summed E-state index contributed by atoms with van der Waals surface area (Å²) in [5, 5.41) is 2.87. The number of hydrogen-bond acceptors (Lipinski definition) is 4. The monoisotopic (exact) mass is 482 g/mol. The van der Waals surface area contributed by atoms with Crippen molar-refractivity contribution in [1.29, 1.82) is 0 Å². The summed E-state index contributed by atoms with van der Waals surface area (Å²) in [6.45, 7) is 1.86. The van der Waals surface area contributed by atoms with Gasteiger partial charge in [0.15, 0.2) is 0 Å². The Balaban J connectivity index is 1.25. The van der Waals surface area contributed by atoms with Crippen molar-refractivity contribution >= 4 is 15.9 Å². The molecule has 178 valence electrons. The Morgan fingerprint density at radius 2 is 1.44 bits per heavy atom. The molecule has 1 heterocycles. The number of sulfonamides is 1. The topological polar surface area (TPSA) is 75.7 Å². The van der Waals surface area contributed by atoms with Crippen LogP contribution in [0.2, 0.25) is 0 Å². The van der Waals surface area contributed by atoms with Crippen molar-refractivity contribution in [1.82, 2.24) is 9.62 Å². The lowest BCUT2D eigenvalue weighted by Crippen LogP contribution is -2.29. The van der Waals surface area contributed by atoms with Gasteiger partial charge >= 0.3 is 0 Å². The van der Waals surface area contributed by atoms with Gasteiger partial charge in [-0.15, -0.1) is 0 Å². The van der Waals surface area contributed by atoms with Crippen LogP contribution in [0.3, 0.4) is 0 Å². The zero-order chi connectivity index (χ0) is 24.0. The zero-order valence-electron chi connectivity index (χ0n) is 18.7. The maximum atomic E-state index is 13.0. The molecular formula is C26H27FN2O4S. The fraction of sp³-hybridized carbons (Fsp3) is 0.269. The Labute approximate surface area is 199 Å². The maximum absolute atomic E-state index is 13.0. The lowest BCUT2D eigenvalue weighted by molar-refractivity contribution is 0.0951. The summed E-state index contributed by atoms with van der Waals surface area (Å²) < 4.78 is 45.1. The van der Waals surface area contributed by atoms with Crippen molar-refractivity contribution in [2.45, 2.75) is 31.7 Å². The van der Waals surface area contributed by atoms with Crippen LogP contribution in [0.5, 0.6) is 5.75 Å². The number of carbonyl (C=O) groups excluding carboxylic acids is 1. The molecule has 3 aromatic carbocycles. The number of carbonyl (C=O) groups is 1. The van der Waals surface area contributed by atoms with Crippen molar-refractivity contribution in [3.63, 3.8) is 0 Å². The van der Waals surface area contributed by atoms with Crippen LogP contribution in [0.4, 0.5) is 4.39 Å². The fourth-order valence-electron chi connectivity index (χ4n) is 3.76. The first kappa shape index (κ1) is 23.9. The molecule has 0 aliphatic carbocycles. The SMILES string of the molecule is O=C(NCc1ccc(OCc2ccc(F)cc2)cc1)c1ccc(CS(=O)(=O)N2CCCC2)cc1. The minimum Gasteiger partial charge on any atom is -0.489 e. The number of amides is 1. The molecule has 8 heteroatoms. The average Bonchev–Trinajstić information content (AvgIpc) is 3.39. The van der Waals surface area contributed by atoms with Gasteiger partial charge in [0.05, 0.1) is 5.75 Å². The quantitative estimate of drug-likeness (QED) is 0.495. The molecule has 1 fully saturated rings. The molecule has 0 bridgehead atoms. The van der Waals surface area contributed by atoms with Crippen LogP contribution in [0.15, 0.2) is 72.8 Å². The highest BCUT2D eigenvalue weighted by atomic mass is 32.2. The molecule has 0 saturated carbocycles. The highest BCUT2D eigenvalue weighted by molar-refractivity contribution is 7.88. The first-order chi connectivity index (χ1) is 16.4. The van der Waals surface area contributed by atoms with E-state index in [0.29, 0.717) is 43.1 Å². The molecule has 1 saturated heterocycles. The van der Waals surface area contributed by atoms with E-state index in [1.807, 2.05) is 24.3 Å². The molecule has 1 aliphatic rings. The Kier molecular flexibility index (Phi) is 7.59. The van der Waals surface area contributed by atoms with Crippen molar-refractivity contribution in [3.05, 3.63) is 101 Å². The number of nitrogens with one attached hydrogen (secondary N) is 1. The Hall–Kier alpha value is -3.23. The standard InChI is InChI=1S/C26H27FN2O4S/c27-24-11-5-21(6-12-24)18-33-25-13-7-20(8-14-25)17-28-26(30)23-9-3-22(4-10-23)19-34(31,32)29-15-1-2-16-29/h3-14H,1-2,15-19H2,(H,28,30). The van der Waals surface area contributed by atoms with Crippen molar-refractivity contribution in [2.24, 2.45) is 0 Å². The normalized spacial score (nSPS) is 14.1. The molecule has 0 spiro atoms. The third-order valence-corrected chi connectivity index (χ3v) is 7.57. The first-order valence-electron chi connectivity index (χ1n) is 11.2. The van der Waals surface area contributed by atoms with E-state index in [2.05, 4.69) is 5.32 Å². The third kappa shape index (κ3) is 6.42. The first-order valence-corrected chi connectivity index (χ1v) is 12.8. The molecule has 34 heavy (non-hydrogen) atoms. The minimum absolute atomic E-state index is 0.0511. The summed E-state index contributed by atoms with van der Waals surface area (Å²) in [6.07, 6.45) is 1.81. The van der Waals surface area contributed by atoms with E-state index in [4.69, 9.17) is 4.74 Å². The van der Waals surface area contributed by atoms with E-state index < -0.39 is 10.0 Å². The van der Waals surface area contributed by atoms with Crippen LogP contribution in [0.1, 0.15) is 39.9 Å². The molecule has 0 unspecified atom stereocenters. The minimum atomic E-state index is -3.31. The number of rotatable bonds is 9. The van der Waals surface area contributed by atoms with E-state index in [1.54, 1.807) is 36.4 Å². The van der Waals surface area contributed by atoms with Crippen LogP contribution in [0, 0.1) is 5.82 Å². The molecular weight excluding hydrogens is 455 g/mol. The van der Waals surface area contributed by atoms with Crippen LogP contribution >= 0.6 is 0 Å². The summed E-state index contributed by atoms with van der Waals surface area (Å²) in [5.41, 5.74) is 2.93. The molecule has 1 aliphatic heterocycles. The number of hydrogen-bond donors (Lipinski definition) is 1. The van der Waals surface area contributed by atoms with Gasteiger partial charge in [-0.3, -0.25) is 4.79 Å². The van der Waals surface area contributed by atoms with Gasteiger partial charge in [-0.05, 0) is 65.9 Å². The second kappa shape index (κ2) is 10.8. The van der Waals surface area contributed by atoms with Crippen LogP contribution in [-0.2, 0) is 28.9 Å². The van der Waals surface area contributed by atoms with E-state index in [1.165, 1.54) is 16.4 Å². The summed E-state index contributed by atoms with van der Waals surface area (Å²) >= 11 is 0. The zero-order valence-corrected chi connectivity index (χ0v) is 19.6. The Morgan fingerprint density at radius 1 is 0.853 bits per heavy atom. The van der Waals surface area contributed by atoms with Gasteiger partial charge in [0.25, 0.3) is 5.91 Å². The highest BCUT2D eigenvalue weighted by Crippen LogP contribution is 2.18. The van der Waals surface area contributed by atoms with Gasteiger partial charge in [0, 0.05) is 25.2 Å². The summed E-state index contributed by atoms with van der Waals surface area (Å²) in [4.78, 5) is 12.5. The van der Waals surface area contributed by atoms with E-state index in [9.17, 15) is 17.6 Å². The maximum Gasteiger partial charge on any atom is 0.251 e. The van der Waals surface area contributed by atoms with Gasteiger partial charge in [-0.1, -0.05) is 36.4 Å². The number of benzene rings is 3. The largest absolute Gasteiger partial charge is 0.489 e. The Morgan fingerprint density at radius 3 is 2.09 bits per heavy atom. The predicted molar refractivity (Wildman–Crippen MR) is 128 cm³/mol. The van der Waals surface area contributed by atoms with Crippen LogP contribution in [-0.4, -0.2) is 31.7 Å². The van der Waals surface area contributed by atoms with Gasteiger partial charge in [0.2, 0.25) is 10.0 Å². The molecule has 0 atom stereocenters. The molecule has 0 aromatic heterocycles. The summed E-state index contributed by atoms with van der Waals surface area (Å²) in [5.74, 6) is 0.116. The molecule has 1 N–H and O–H groups in total. The molecule has 4 rings (SSSR count). The van der Waals surface area contributed by atoms with E-state index in [-0.39, 0.29) is 17.5 Å². The lowest BCUT2D eigenvalue weighted by atomic mass is 10.1. The van der Waals surface area contributed by atoms with Crippen LogP contribution in [0.25, 0.3) is 0 Å². The van der Waals surface area contributed by atoms with Gasteiger partial charge in [-0.25, -0.2) is 17.1 Å². The van der Waals surface area contributed by atoms with Crippen molar-refractivity contribution < 1.29 is 22.3 Å². The van der Waals surface area contributed by atoms with E-state index in [0.717, 1.165) is 24.0 Å². The molecule has 1 amide bonds. The summed E-state index contributed by atoms with van der Waals surface area (Å²) in [7, 11) is -3.31. The predicted octanol–water partition coefficient (Wildman–Crippen LogP) is 4.26. The van der Waals surface area contributed by atoms with Gasteiger partial charge in [0.1, 0.15) is 18.2 Å². The molecule has 3 aromatic rings. The van der Waals surface area contributed by atoms with Crippen LogP contribution < -0.4 is 10.1 Å². The summed E-state index contributed by atoms with van der Waals surface area (Å²) in [6, 6.07) is 20.2. The van der Waals surface area contributed by atoms with E-state index >= 15 is 0 Å². The smallest absolute Gasteiger partial charge is 0.251 e. The van der Waals surface area contributed by atoms with Gasteiger partial charge < -0.3 is 10.1 Å². The Bertz CT molecular complexity index is 1210. The average molecular weight is 483 g/mol. The second-order valence-electron chi connectivity index (χ2n) is 8.30. The van der Waals surface area contributed by atoms with Crippen molar-refractivity contribution in [2.75, 3.05) is 13.1 Å². The second-order valence-corrected chi connectivity index (χ2v) is 10.3. The fourth-order valence-corrected chi connectivity index (χ4v) is 5.37.